The summed E-state index contributed by atoms with van der Waals surface area (Å²) in [4.78, 5) is 4.36. The number of nitrogens with zero attached hydrogens (tertiary/aromatic N) is 5. The predicted molar refractivity (Wildman–Crippen MR) is 82.8 cm³/mol. The highest BCUT2D eigenvalue weighted by Crippen LogP contribution is 2.08. The van der Waals surface area contributed by atoms with Crippen LogP contribution in [0.5, 0.6) is 0 Å². The largest absolute Gasteiger partial charge is 0.306 e. The second kappa shape index (κ2) is 6.39. The van der Waals surface area contributed by atoms with Crippen molar-refractivity contribution >= 4 is 0 Å². The predicted octanol–water partition coefficient (Wildman–Crippen LogP) is 2.07. The summed E-state index contributed by atoms with van der Waals surface area (Å²) in [5.41, 5.74) is 1.25. The molecule has 6 heteroatoms. The number of aromatic nitrogens is 5. The van der Waals surface area contributed by atoms with E-state index in [0.717, 1.165) is 24.6 Å². The first kappa shape index (κ1) is 15.7. The van der Waals surface area contributed by atoms with Gasteiger partial charge in [-0.3, -0.25) is 4.68 Å². The Morgan fingerprint density at radius 1 is 1.19 bits per heavy atom. The quantitative estimate of drug-likeness (QED) is 0.884. The van der Waals surface area contributed by atoms with Crippen molar-refractivity contribution < 1.29 is 0 Å². The van der Waals surface area contributed by atoms with Crippen molar-refractivity contribution in [2.75, 3.05) is 0 Å². The fourth-order valence-corrected chi connectivity index (χ4v) is 2.05. The van der Waals surface area contributed by atoms with E-state index in [4.69, 9.17) is 0 Å². The van der Waals surface area contributed by atoms with E-state index < -0.39 is 0 Å². The van der Waals surface area contributed by atoms with Crippen LogP contribution in [-0.4, -0.2) is 30.1 Å². The second-order valence-corrected chi connectivity index (χ2v) is 6.84. The topological polar surface area (TPSA) is 60.6 Å². The molecule has 0 radical (unpaired) electrons. The fourth-order valence-electron chi connectivity index (χ4n) is 2.05. The average Bonchev–Trinajstić information content (AvgIpc) is 2.96. The van der Waals surface area contributed by atoms with Gasteiger partial charge in [-0.2, -0.15) is 10.2 Å². The van der Waals surface area contributed by atoms with E-state index in [1.807, 2.05) is 21.6 Å². The van der Waals surface area contributed by atoms with Crippen LogP contribution in [0.4, 0.5) is 0 Å². The van der Waals surface area contributed by atoms with Crippen LogP contribution in [0.25, 0.3) is 0 Å². The Morgan fingerprint density at radius 3 is 2.62 bits per heavy atom. The lowest BCUT2D eigenvalue weighted by molar-refractivity contribution is 0.410. The van der Waals surface area contributed by atoms with E-state index in [2.05, 4.69) is 55.1 Å². The summed E-state index contributed by atoms with van der Waals surface area (Å²) in [6.07, 6.45) is 3.46. The summed E-state index contributed by atoms with van der Waals surface area (Å²) < 4.78 is 3.95. The maximum absolute atomic E-state index is 4.41. The molecule has 2 rings (SSSR count). The SMILES string of the molecule is CC(C)Cn1ncnc1Cn1nccc1CNC(C)(C)C. The highest BCUT2D eigenvalue weighted by Gasteiger charge is 2.13. The minimum Gasteiger partial charge on any atom is -0.306 e. The first-order chi connectivity index (χ1) is 9.85. The van der Waals surface area contributed by atoms with Gasteiger partial charge in [-0.25, -0.2) is 9.67 Å². The van der Waals surface area contributed by atoms with Crippen LogP contribution in [0, 0.1) is 5.92 Å². The van der Waals surface area contributed by atoms with E-state index in [0.29, 0.717) is 12.5 Å². The normalized spacial score (nSPS) is 12.3. The molecule has 0 aromatic carbocycles. The second-order valence-electron chi connectivity index (χ2n) is 6.84. The summed E-state index contributed by atoms with van der Waals surface area (Å²) in [6, 6.07) is 2.04. The molecule has 0 bridgehead atoms. The fraction of sp³-hybridized carbons (Fsp3) is 0.667. The summed E-state index contributed by atoms with van der Waals surface area (Å²) >= 11 is 0. The monoisotopic (exact) mass is 290 g/mol. The summed E-state index contributed by atoms with van der Waals surface area (Å²) in [5.74, 6) is 1.49. The Bertz CT molecular complexity index is 561. The molecule has 116 valence electrons. The van der Waals surface area contributed by atoms with Crippen molar-refractivity contribution in [2.45, 2.75) is 59.8 Å². The molecule has 0 amide bonds. The van der Waals surface area contributed by atoms with Crippen LogP contribution in [0.2, 0.25) is 0 Å². The summed E-state index contributed by atoms with van der Waals surface area (Å²) in [5, 5.41) is 12.2. The van der Waals surface area contributed by atoms with Crippen molar-refractivity contribution in [1.82, 2.24) is 29.9 Å². The van der Waals surface area contributed by atoms with Gasteiger partial charge in [-0.05, 0) is 32.8 Å². The van der Waals surface area contributed by atoms with Gasteiger partial charge in [0.25, 0.3) is 0 Å². The van der Waals surface area contributed by atoms with Crippen LogP contribution < -0.4 is 5.32 Å². The molecule has 2 aromatic rings. The molecule has 0 unspecified atom stereocenters. The van der Waals surface area contributed by atoms with E-state index >= 15 is 0 Å². The lowest BCUT2D eigenvalue weighted by Crippen LogP contribution is -2.35. The zero-order valence-corrected chi connectivity index (χ0v) is 13.7. The molecule has 2 aromatic heterocycles. The third kappa shape index (κ3) is 4.67. The van der Waals surface area contributed by atoms with Gasteiger partial charge in [-0.15, -0.1) is 0 Å². The molecular formula is C15H26N6. The van der Waals surface area contributed by atoms with Crippen molar-refractivity contribution in [3.05, 3.63) is 30.1 Å². The Morgan fingerprint density at radius 2 is 1.95 bits per heavy atom. The maximum Gasteiger partial charge on any atom is 0.148 e. The van der Waals surface area contributed by atoms with Gasteiger partial charge in [-0.1, -0.05) is 13.8 Å². The molecule has 1 N–H and O–H groups in total. The third-order valence-electron chi connectivity index (χ3n) is 3.13. The van der Waals surface area contributed by atoms with Crippen LogP contribution >= 0.6 is 0 Å². The minimum absolute atomic E-state index is 0.0900. The maximum atomic E-state index is 4.41. The van der Waals surface area contributed by atoms with Gasteiger partial charge in [0.2, 0.25) is 0 Å². The van der Waals surface area contributed by atoms with E-state index in [-0.39, 0.29) is 5.54 Å². The Balaban J connectivity index is 2.07. The van der Waals surface area contributed by atoms with Gasteiger partial charge in [0.1, 0.15) is 18.7 Å². The zero-order chi connectivity index (χ0) is 15.5. The molecule has 0 spiro atoms. The number of nitrogens with one attached hydrogen (secondary N) is 1. The number of hydrogen-bond donors (Lipinski definition) is 1. The first-order valence-corrected chi connectivity index (χ1v) is 7.47. The smallest absolute Gasteiger partial charge is 0.148 e. The molecule has 0 atom stereocenters. The minimum atomic E-state index is 0.0900. The van der Waals surface area contributed by atoms with Crippen LogP contribution in [0.3, 0.4) is 0 Å². The van der Waals surface area contributed by atoms with Crippen molar-refractivity contribution in [3.8, 4) is 0 Å². The highest BCUT2D eigenvalue weighted by molar-refractivity contribution is 5.03. The van der Waals surface area contributed by atoms with Crippen molar-refractivity contribution in [3.63, 3.8) is 0 Å². The van der Waals surface area contributed by atoms with Crippen LogP contribution in [0.15, 0.2) is 18.6 Å². The molecule has 0 aliphatic rings. The lowest BCUT2D eigenvalue weighted by Gasteiger charge is -2.20. The van der Waals surface area contributed by atoms with E-state index in [9.17, 15) is 0 Å². The van der Waals surface area contributed by atoms with Crippen LogP contribution in [-0.2, 0) is 19.6 Å². The Kier molecular flexibility index (Phi) is 4.77. The van der Waals surface area contributed by atoms with Crippen LogP contribution in [0.1, 0.15) is 46.1 Å². The van der Waals surface area contributed by atoms with Gasteiger partial charge < -0.3 is 5.32 Å². The van der Waals surface area contributed by atoms with Crippen molar-refractivity contribution in [1.29, 1.82) is 0 Å². The lowest BCUT2D eigenvalue weighted by atomic mass is 10.1. The summed E-state index contributed by atoms with van der Waals surface area (Å²) in [7, 11) is 0. The Hall–Kier alpha value is -1.69. The zero-order valence-electron chi connectivity index (χ0n) is 13.7. The molecule has 0 fully saturated rings. The standard InChI is InChI=1S/C15H26N6/c1-12(2)9-21-14(16-11-19-21)10-20-13(6-7-18-20)8-17-15(3,4)5/h6-7,11-12,17H,8-10H2,1-5H3. The average molecular weight is 290 g/mol. The molecule has 0 saturated carbocycles. The van der Waals surface area contributed by atoms with Gasteiger partial charge in [0, 0.05) is 24.8 Å². The molecular weight excluding hydrogens is 264 g/mol. The molecule has 0 aliphatic heterocycles. The van der Waals surface area contributed by atoms with Gasteiger partial charge in [0.15, 0.2) is 0 Å². The molecule has 21 heavy (non-hydrogen) atoms. The van der Waals surface area contributed by atoms with E-state index in [1.165, 1.54) is 0 Å². The highest BCUT2D eigenvalue weighted by atomic mass is 15.4. The molecule has 2 heterocycles. The first-order valence-electron chi connectivity index (χ1n) is 7.47. The third-order valence-corrected chi connectivity index (χ3v) is 3.13. The van der Waals surface area contributed by atoms with E-state index in [1.54, 1.807) is 6.33 Å². The van der Waals surface area contributed by atoms with Crippen molar-refractivity contribution in [2.24, 2.45) is 5.92 Å². The van der Waals surface area contributed by atoms with Gasteiger partial charge in [0.05, 0.1) is 5.69 Å². The molecule has 0 saturated heterocycles. The summed E-state index contributed by atoms with van der Waals surface area (Å²) in [6.45, 7) is 13.2. The number of hydrogen-bond acceptors (Lipinski definition) is 4. The molecule has 0 aliphatic carbocycles. The number of rotatable bonds is 6. The van der Waals surface area contributed by atoms with Gasteiger partial charge >= 0.3 is 0 Å². The Labute approximate surface area is 126 Å². The molecule has 6 nitrogen and oxygen atoms in total.